The smallest absolute Gasteiger partial charge is 0.425 e. The van der Waals surface area contributed by atoms with Crippen LogP contribution < -0.4 is 5.49 Å². The molecule has 1 fully saturated rings. The lowest BCUT2D eigenvalue weighted by molar-refractivity contribution is -0.0423. The molecule has 0 saturated carbocycles. The van der Waals surface area contributed by atoms with Gasteiger partial charge in [-0.25, -0.2) is 23.7 Å². The van der Waals surface area contributed by atoms with Gasteiger partial charge < -0.3 is 34.6 Å². The van der Waals surface area contributed by atoms with Crippen molar-refractivity contribution in [2.24, 2.45) is 0 Å². The van der Waals surface area contributed by atoms with Crippen LogP contribution >= 0.6 is 23.5 Å². The van der Waals surface area contributed by atoms with Crippen LogP contribution in [0.4, 0.5) is 0 Å². The van der Waals surface area contributed by atoms with Gasteiger partial charge in [0.2, 0.25) is 0 Å². The molecule has 3 rings (SSSR count). The number of aliphatic hydroxyl groups excluding tert-OH is 1. The van der Waals surface area contributed by atoms with Crippen molar-refractivity contribution in [2.45, 2.75) is 24.9 Å². The third kappa shape index (κ3) is 5.84. The molecule has 1 aliphatic heterocycles. The first-order valence-electron chi connectivity index (χ1n) is 7.97. The molecule has 0 radical (unpaired) electrons. The van der Waals surface area contributed by atoms with Crippen molar-refractivity contribution in [3.63, 3.8) is 0 Å². The van der Waals surface area contributed by atoms with Crippen LogP contribution in [-0.2, 0) is 31.6 Å². The van der Waals surface area contributed by atoms with Crippen LogP contribution in [0.15, 0.2) is 12.7 Å². The van der Waals surface area contributed by atoms with Gasteiger partial charge >= 0.3 is 23.5 Å². The minimum atomic E-state index is -5.67. The molecule has 1 saturated heterocycles. The standard InChI is InChI=1S/C10H16N5O13P3/c11-9-8-10(13-4-15(9)17)14(3-12-8)7-1-5(16)6(26-7)2-25-30(21,22)28-31(23,24)27-29(18,19)20/h3-7,11,16-17H,1-2H2,(H,21,22)(H,23,24)(H2,18,19,20)/t5-,6+,7+/m0/s1. The first kappa shape index (κ1) is 24.1. The Labute approximate surface area is 171 Å². The minimum absolute atomic E-state index is 0.0276. The number of hydrogen-bond donors (Lipinski definition) is 7. The molecule has 18 nitrogen and oxygen atoms in total. The summed E-state index contributed by atoms with van der Waals surface area (Å²) in [6.45, 7) is -0.832. The van der Waals surface area contributed by atoms with Crippen molar-refractivity contribution in [1.29, 1.82) is 5.41 Å². The number of aromatic nitrogens is 4. The Hall–Kier alpha value is -1.52. The van der Waals surface area contributed by atoms with E-state index in [1.165, 1.54) is 10.9 Å². The van der Waals surface area contributed by atoms with Crippen LogP contribution in [0, 0.1) is 5.41 Å². The number of hydrogen-bond acceptors (Lipinski definition) is 12. The number of fused-ring (bicyclic) bond motifs is 1. The molecule has 174 valence electrons. The molecule has 7 N–H and O–H groups in total. The van der Waals surface area contributed by atoms with Gasteiger partial charge in [-0.15, -0.1) is 0 Å². The van der Waals surface area contributed by atoms with Crippen molar-refractivity contribution in [3.05, 3.63) is 18.1 Å². The lowest BCUT2D eigenvalue weighted by Gasteiger charge is -2.19. The normalized spacial score (nSPS) is 26.0. The van der Waals surface area contributed by atoms with E-state index in [4.69, 9.17) is 24.8 Å². The zero-order valence-corrected chi connectivity index (χ0v) is 17.7. The van der Waals surface area contributed by atoms with Crippen molar-refractivity contribution >= 4 is 34.6 Å². The molecule has 0 amide bonds. The van der Waals surface area contributed by atoms with Crippen LogP contribution in [-0.4, -0.2) is 68.0 Å². The summed E-state index contributed by atoms with van der Waals surface area (Å²) in [5.41, 5.74) is -0.188. The maximum absolute atomic E-state index is 11.8. The Balaban J connectivity index is 1.66. The highest BCUT2D eigenvalue weighted by Gasteiger charge is 2.43. The highest BCUT2D eigenvalue weighted by molar-refractivity contribution is 7.66. The largest absolute Gasteiger partial charge is 0.490 e. The summed E-state index contributed by atoms with van der Waals surface area (Å²) < 4.78 is 52.6. The zero-order chi connectivity index (χ0) is 23.2. The number of nitrogens with zero attached hydrogens (tertiary/aromatic N) is 4. The third-order valence-electron chi connectivity index (χ3n) is 3.84. The topological polar surface area (TPSA) is 269 Å². The average molecular weight is 507 g/mol. The molecule has 5 atom stereocenters. The van der Waals surface area contributed by atoms with Crippen LogP contribution in [0.3, 0.4) is 0 Å². The van der Waals surface area contributed by atoms with Gasteiger partial charge in [0.25, 0.3) is 0 Å². The molecule has 1 aliphatic rings. The van der Waals surface area contributed by atoms with E-state index in [-0.39, 0.29) is 23.1 Å². The molecular formula is C10H16N5O13P3. The zero-order valence-electron chi connectivity index (χ0n) is 15.0. The summed E-state index contributed by atoms with van der Waals surface area (Å²) in [4.78, 5) is 43.4. The van der Waals surface area contributed by atoms with Crippen molar-refractivity contribution in [2.75, 3.05) is 6.61 Å². The molecule has 3 heterocycles. The summed E-state index contributed by atoms with van der Waals surface area (Å²) in [6.07, 6.45) is -1.29. The van der Waals surface area contributed by atoms with Gasteiger partial charge in [-0.3, -0.25) is 14.5 Å². The molecule has 21 heteroatoms. The highest BCUT2D eigenvalue weighted by atomic mass is 31.3. The van der Waals surface area contributed by atoms with E-state index in [9.17, 15) is 28.9 Å². The van der Waals surface area contributed by atoms with E-state index < -0.39 is 48.5 Å². The Morgan fingerprint density at radius 2 is 1.81 bits per heavy atom. The van der Waals surface area contributed by atoms with Crippen molar-refractivity contribution in [3.8, 4) is 0 Å². The fourth-order valence-electron chi connectivity index (χ4n) is 2.64. The number of imidazole rings is 1. The van der Waals surface area contributed by atoms with Gasteiger partial charge in [0.15, 0.2) is 16.7 Å². The summed E-state index contributed by atoms with van der Waals surface area (Å²) in [5, 5.41) is 27.3. The second-order valence-corrected chi connectivity index (χ2v) is 10.5. The summed E-state index contributed by atoms with van der Waals surface area (Å²) in [5.74, 6) is 0. The van der Waals surface area contributed by atoms with Gasteiger partial charge in [-0.1, -0.05) is 0 Å². The van der Waals surface area contributed by atoms with Gasteiger partial charge in [0, 0.05) is 6.42 Å². The predicted molar refractivity (Wildman–Crippen MR) is 92.9 cm³/mol. The van der Waals surface area contributed by atoms with Crippen LogP contribution in [0.1, 0.15) is 12.6 Å². The lowest BCUT2D eigenvalue weighted by Crippen LogP contribution is -2.26. The number of ether oxygens (including phenoxy) is 1. The molecule has 0 spiro atoms. The van der Waals surface area contributed by atoms with Gasteiger partial charge in [-0.05, 0) is 0 Å². The third-order valence-corrected chi connectivity index (χ3v) is 7.65. The fourth-order valence-corrected chi connectivity index (χ4v) is 5.67. The Morgan fingerprint density at radius 3 is 2.45 bits per heavy atom. The highest BCUT2D eigenvalue weighted by Crippen LogP contribution is 2.66. The predicted octanol–water partition coefficient (Wildman–Crippen LogP) is -1.06. The van der Waals surface area contributed by atoms with Crippen molar-refractivity contribution < 1.29 is 61.5 Å². The molecule has 2 aromatic heterocycles. The van der Waals surface area contributed by atoms with E-state index in [0.29, 0.717) is 4.73 Å². The summed E-state index contributed by atoms with van der Waals surface area (Å²) in [7, 11) is -16.6. The van der Waals surface area contributed by atoms with E-state index >= 15 is 0 Å². The fraction of sp³-hybridized carbons (Fsp3) is 0.500. The monoisotopic (exact) mass is 507 g/mol. The molecular weight excluding hydrogens is 491 g/mol. The van der Waals surface area contributed by atoms with Gasteiger partial charge in [0.05, 0.1) is 19.0 Å². The Morgan fingerprint density at radius 1 is 1.13 bits per heavy atom. The second kappa shape index (κ2) is 8.44. The lowest BCUT2D eigenvalue weighted by atomic mass is 10.2. The first-order chi connectivity index (χ1) is 14.2. The van der Waals surface area contributed by atoms with Crippen LogP contribution in [0.5, 0.6) is 0 Å². The second-order valence-electron chi connectivity index (χ2n) is 6.08. The summed E-state index contributed by atoms with van der Waals surface area (Å²) in [6, 6.07) is 0. The number of nitrogens with one attached hydrogen (secondary N) is 1. The number of phosphoric acid groups is 3. The van der Waals surface area contributed by atoms with Crippen LogP contribution in [0.2, 0.25) is 0 Å². The Kier molecular flexibility index (Phi) is 6.57. The number of aliphatic hydroxyl groups is 1. The molecule has 2 aromatic rings. The quantitative estimate of drug-likeness (QED) is 0.166. The maximum atomic E-state index is 11.8. The van der Waals surface area contributed by atoms with E-state index in [1.807, 2.05) is 0 Å². The summed E-state index contributed by atoms with van der Waals surface area (Å²) >= 11 is 0. The number of rotatable bonds is 8. The molecule has 0 aromatic carbocycles. The van der Waals surface area contributed by atoms with Crippen molar-refractivity contribution in [1.82, 2.24) is 19.3 Å². The van der Waals surface area contributed by atoms with E-state index in [1.54, 1.807) is 0 Å². The molecule has 0 aliphatic carbocycles. The van der Waals surface area contributed by atoms with E-state index in [2.05, 4.69) is 23.1 Å². The molecule has 2 unspecified atom stereocenters. The average Bonchev–Trinajstić information content (AvgIpc) is 3.17. The van der Waals surface area contributed by atoms with Crippen LogP contribution in [0.25, 0.3) is 11.2 Å². The molecule has 0 bridgehead atoms. The Bertz CT molecular complexity index is 1170. The number of phosphoric ester groups is 1. The maximum Gasteiger partial charge on any atom is 0.490 e. The first-order valence-corrected chi connectivity index (χ1v) is 12.5. The molecule has 31 heavy (non-hydrogen) atoms. The van der Waals surface area contributed by atoms with Gasteiger partial charge in [-0.2, -0.15) is 13.4 Å². The minimum Gasteiger partial charge on any atom is -0.425 e. The van der Waals surface area contributed by atoms with E-state index in [0.717, 1.165) is 6.33 Å². The van der Waals surface area contributed by atoms with Gasteiger partial charge in [0.1, 0.15) is 18.7 Å². The SMILES string of the molecule is N=c1c2ncn([C@H]3C[C@H](O)[C@@H](COP(=O)(O)OP(=O)(O)OP(=O)(O)O)O3)c2ncn1O.